The molecule has 0 radical (unpaired) electrons. The van der Waals surface area contributed by atoms with Gasteiger partial charge in [0.15, 0.2) is 0 Å². The lowest BCUT2D eigenvalue weighted by molar-refractivity contribution is 0.617. The van der Waals surface area contributed by atoms with Crippen LogP contribution in [-0.4, -0.2) is 12.6 Å². The lowest BCUT2D eigenvalue weighted by Crippen LogP contribution is -2.40. The Labute approximate surface area is 115 Å². The SMILES string of the molecule is CC(C)N1CC(c2ccccc2)Nc2ccccc21. The van der Waals surface area contributed by atoms with Gasteiger partial charge in [-0.15, -0.1) is 0 Å². The van der Waals surface area contributed by atoms with Gasteiger partial charge in [0.25, 0.3) is 0 Å². The second-order valence-electron chi connectivity index (χ2n) is 5.37. The molecule has 1 atom stereocenters. The zero-order chi connectivity index (χ0) is 13.2. The van der Waals surface area contributed by atoms with Crippen molar-refractivity contribution in [2.75, 3.05) is 16.8 Å². The van der Waals surface area contributed by atoms with Crippen LogP contribution in [0.1, 0.15) is 25.5 Å². The second kappa shape index (κ2) is 4.96. The van der Waals surface area contributed by atoms with Crippen LogP contribution in [0, 0.1) is 0 Å². The zero-order valence-corrected chi connectivity index (χ0v) is 11.5. The highest BCUT2D eigenvalue weighted by Crippen LogP contribution is 2.36. The van der Waals surface area contributed by atoms with Crippen molar-refractivity contribution in [3.05, 3.63) is 60.2 Å². The van der Waals surface area contributed by atoms with E-state index >= 15 is 0 Å². The minimum Gasteiger partial charge on any atom is -0.375 e. The largest absolute Gasteiger partial charge is 0.375 e. The second-order valence-corrected chi connectivity index (χ2v) is 5.37. The summed E-state index contributed by atoms with van der Waals surface area (Å²) in [4.78, 5) is 2.48. The number of hydrogen-bond acceptors (Lipinski definition) is 2. The molecule has 1 unspecified atom stereocenters. The highest BCUT2D eigenvalue weighted by atomic mass is 15.2. The summed E-state index contributed by atoms with van der Waals surface area (Å²) in [5, 5.41) is 3.66. The first-order valence-electron chi connectivity index (χ1n) is 6.93. The molecule has 0 spiro atoms. The molecule has 3 rings (SSSR count). The van der Waals surface area contributed by atoms with Gasteiger partial charge in [-0.3, -0.25) is 0 Å². The van der Waals surface area contributed by atoms with Crippen LogP contribution < -0.4 is 10.2 Å². The van der Waals surface area contributed by atoms with E-state index < -0.39 is 0 Å². The van der Waals surface area contributed by atoms with E-state index in [4.69, 9.17) is 0 Å². The fourth-order valence-corrected chi connectivity index (χ4v) is 2.74. The zero-order valence-electron chi connectivity index (χ0n) is 11.5. The average Bonchev–Trinajstić information content (AvgIpc) is 2.47. The Morgan fingerprint density at radius 2 is 1.68 bits per heavy atom. The Balaban J connectivity index is 1.97. The number of benzene rings is 2. The quantitative estimate of drug-likeness (QED) is 0.866. The van der Waals surface area contributed by atoms with Gasteiger partial charge in [0, 0.05) is 12.6 Å². The lowest BCUT2D eigenvalue weighted by Gasteiger charge is -2.40. The van der Waals surface area contributed by atoms with Crippen LogP contribution in [0.15, 0.2) is 54.6 Å². The molecule has 98 valence electrons. The van der Waals surface area contributed by atoms with Gasteiger partial charge in [-0.2, -0.15) is 0 Å². The van der Waals surface area contributed by atoms with Gasteiger partial charge in [0.2, 0.25) is 0 Å². The Morgan fingerprint density at radius 3 is 2.42 bits per heavy atom. The summed E-state index contributed by atoms with van der Waals surface area (Å²) in [6.07, 6.45) is 0. The smallest absolute Gasteiger partial charge is 0.0689 e. The lowest BCUT2D eigenvalue weighted by atomic mass is 10.0. The van der Waals surface area contributed by atoms with Crippen molar-refractivity contribution in [3.63, 3.8) is 0 Å². The monoisotopic (exact) mass is 252 g/mol. The number of fused-ring (bicyclic) bond motifs is 1. The maximum atomic E-state index is 3.66. The summed E-state index contributed by atoms with van der Waals surface area (Å²) >= 11 is 0. The minimum absolute atomic E-state index is 0.360. The van der Waals surface area contributed by atoms with E-state index in [9.17, 15) is 0 Å². The topological polar surface area (TPSA) is 15.3 Å². The third kappa shape index (κ3) is 2.30. The molecule has 0 aromatic heterocycles. The van der Waals surface area contributed by atoms with Gasteiger partial charge < -0.3 is 10.2 Å². The molecular weight excluding hydrogens is 232 g/mol. The molecule has 0 fully saturated rings. The van der Waals surface area contributed by atoms with E-state index in [-0.39, 0.29) is 0 Å². The molecule has 0 saturated carbocycles. The van der Waals surface area contributed by atoms with Crippen molar-refractivity contribution in [1.82, 2.24) is 0 Å². The maximum absolute atomic E-state index is 3.66. The summed E-state index contributed by atoms with van der Waals surface area (Å²) in [5.41, 5.74) is 3.89. The Morgan fingerprint density at radius 1 is 1.00 bits per heavy atom. The number of hydrogen-bond donors (Lipinski definition) is 1. The van der Waals surface area contributed by atoms with Crippen molar-refractivity contribution < 1.29 is 0 Å². The van der Waals surface area contributed by atoms with Crippen LogP contribution in [0.5, 0.6) is 0 Å². The van der Waals surface area contributed by atoms with Gasteiger partial charge in [-0.1, -0.05) is 42.5 Å². The highest BCUT2D eigenvalue weighted by Gasteiger charge is 2.25. The van der Waals surface area contributed by atoms with E-state index in [1.54, 1.807) is 0 Å². The van der Waals surface area contributed by atoms with E-state index in [0.29, 0.717) is 12.1 Å². The van der Waals surface area contributed by atoms with E-state index in [0.717, 1.165) is 6.54 Å². The molecule has 1 aliphatic rings. The molecule has 2 heteroatoms. The van der Waals surface area contributed by atoms with E-state index in [2.05, 4.69) is 78.7 Å². The fourth-order valence-electron chi connectivity index (χ4n) is 2.74. The van der Waals surface area contributed by atoms with Crippen LogP contribution in [-0.2, 0) is 0 Å². The number of nitrogens with one attached hydrogen (secondary N) is 1. The summed E-state index contributed by atoms with van der Waals surface area (Å²) in [7, 11) is 0. The van der Waals surface area contributed by atoms with Crippen LogP contribution in [0.4, 0.5) is 11.4 Å². The normalized spacial score (nSPS) is 18.1. The highest BCUT2D eigenvalue weighted by molar-refractivity contribution is 5.73. The van der Waals surface area contributed by atoms with Crippen LogP contribution in [0.2, 0.25) is 0 Å². The van der Waals surface area contributed by atoms with E-state index in [1.165, 1.54) is 16.9 Å². The molecule has 0 bridgehead atoms. The van der Waals surface area contributed by atoms with Crippen molar-refractivity contribution >= 4 is 11.4 Å². The fraction of sp³-hybridized carbons (Fsp3) is 0.294. The summed E-state index contributed by atoms with van der Waals surface area (Å²) in [5.74, 6) is 0. The van der Waals surface area contributed by atoms with Crippen LogP contribution in [0.3, 0.4) is 0 Å². The molecule has 2 aromatic rings. The summed E-state index contributed by atoms with van der Waals surface area (Å²) in [6, 6.07) is 20.1. The Kier molecular flexibility index (Phi) is 3.16. The first kappa shape index (κ1) is 12.1. The van der Waals surface area contributed by atoms with Crippen molar-refractivity contribution in [2.24, 2.45) is 0 Å². The molecule has 0 saturated heterocycles. The van der Waals surface area contributed by atoms with Gasteiger partial charge >= 0.3 is 0 Å². The molecule has 2 aromatic carbocycles. The first-order valence-corrected chi connectivity index (χ1v) is 6.93. The van der Waals surface area contributed by atoms with E-state index in [1.807, 2.05) is 0 Å². The van der Waals surface area contributed by atoms with Crippen LogP contribution >= 0.6 is 0 Å². The molecule has 1 heterocycles. The molecular formula is C17H20N2. The molecule has 1 aliphatic heterocycles. The van der Waals surface area contributed by atoms with Gasteiger partial charge in [0.05, 0.1) is 17.4 Å². The predicted octanol–water partition coefficient (Wildman–Crippen LogP) is 4.07. The molecule has 0 amide bonds. The maximum Gasteiger partial charge on any atom is 0.0689 e. The molecule has 0 aliphatic carbocycles. The predicted molar refractivity (Wildman–Crippen MR) is 81.7 cm³/mol. The van der Waals surface area contributed by atoms with Gasteiger partial charge in [0.1, 0.15) is 0 Å². The Hall–Kier alpha value is -1.96. The number of para-hydroxylation sites is 2. The van der Waals surface area contributed by atoms with Crippen molar-refractivity contribution in [2.45, 2.75) is 25.9 Å². The standard InChI is InChI=1S/C17H20N2/c1-13(2)19-12-16(14-8-4-3-5-9-14)18-15-10-6-7-11-17(15)19/h3-11,13,16,18H,12H2,1-2H3. The van der Waals surface area contributed by atoms with Crippen LogP contribution in [0.25, 0.3) is 0 Å². The molecule has 1 N–H and O–H groups in total. The Bertz CT molecular complexity index is 548. The molecule has 2 nitrogen and oxygen atoms in total. The molecule has 19 heavy (non-hydrogen) atoms. The summed E-state index contributed by atoms with van der Waals surface area (Å²) in [6.45, 7) is 5.52. The number of nitrogens with zero attached hydrogens (tertiary/aromatic N) is 1. The summed E-state index contributed by atoms with van der Waals surface area (Å²) < 4.78 is 0. The third-order valence-electron chi connectivity index (χ3n) is 3.75. The van der Waals surface area contributed by atoms with Gasteiger partial charge in [-0.05, 0) is 31.5 Å². The van der Waals surface area contributed by atoms with Crippen molar-refractivity contribution in [3.8, 4) is 0 Å². The number of rotatable bonds is 2. The number of anilines is 2. The average molecular weight is 252 g/mol. The third-order valence-corrected chi connectivity index (χ3v) is 3.75. The first-order chi connectivity index (χ1) is 9.25. The minimum atomic E-state index is 0.360. The van der Waals surface area contributed by atoms with Crippen molar-refractivity contribution in [1.29, 1.82) is 0 Å². The van der Waals surface area contributed by atoms with Gasteiger partial charge in [-0.25, -0.2) is 0 Å².